The quantitative estimate of drug-likeness (QED) is 0.0264. The Bertz CT molecular complexity index is 3200. The molecule has 19 nitrogen and oxygen atoms in total. The molecule has 2 heterocycles. The number of hydrazine groups is 2. The lowest BCUT2D eigenvalue weighted by Gasteiger charge is -2.30. The van der Waals surface area contributed by atoms with Crippen LogP contribution < -0.4 is 30.6 Å². The van der Waals surface area contributed by atoms with Gasteiger partial charge in [0.15, 0.2) is 5.84 Å². The topological polar surface area (TPSA) is 266 Å². The predicted molar refractivity (Wildman–Crippen MR) is 287 cm³/mol. The van der Waals surface area contributed by atoms with Crippen LogP contribution in [0.2, 0.25) is 0 Å². The van der Waals surface area contributed by atoms with E-state index < -0.39 is 32.1 Å². The molecule has 2 aliphatic rings. The van der Waals surface area contributed by atoms with Gasteiger partial charge in [-0.25, -0.2) is 36.4 Å². The summed E-state index contributed by atoms with van der Waals surface area (Å²) in [5.41, 5.74) is 13.6. The number of amides is 4. The van der Waals surface area contributed by atoms with Gasteiger partial charge in [-0.3, -0.25) is 5.41 Å². The van der Waals surface area contributed by atoms with Gasteiger partial charge in [0.1, 0.15) is 17.3 Å². The highest BCUT2D eigenvalue weighted by molar-refractivity contribution is 7.89. The molecule has 0 radical (unpaired) electrons. The number of nitrogen functional groups attached to an aromatic ring is 1. The van der Waals surface area contributed by atoms with Gasteiger partial charge >= 0.3 is 12.1 Å². The van der Waals surface area contributed by atoms with Crippen molar-refractivity contribution in [2.75, 3.05) is 40.4 Å². The van der Waals surface area contributed by atoms with Gasteiger partial charge in [0.05, 0.1) is 37.1 Å². The first kappa shape index (κ1) is 56.1. The summed E-state index contributed by atoms with van der Waals surface area (Å²) in [6, 6.07) is 33.1. The zero-order valence-electron chi connectivity index (χ0n) is 41.3. The molecule has 74 heavy (non-hydrogen) atoms. The largest absolute Gasteiger partial charge is 0.497 e. The second-order valence-electron chi connectivity index (χ2n) is 17.8. The van der Waals surface area contributed by atoms with E-state index in [1.807, 2.05) is 12.1 Å². The highest BCUT2D eigenvalue weighted by Crippen LogP contribution is 2.26. The second-order valence-corrected chi connectivity index (χ2v) is 21.1. The van der Waals surface area contributed by atoms with Gasteiger partial charge in [0, 0.05) is 37.3 Å². The van der Waals surface area contributed by atoms with Crippen molar-refractivity contribution < 1.29 is 41.1 Å². The number of hydrogen-bond acceptors (Lipinski definition) is 11. The van der Waals surface area contributed by atoms with E-state index in [1.54, 1.807) is 121 Å². The number of carbonyl (C=O) groups excluding carboxylic acids is 2. The van der Waals surface area contributed by atoms with Crippen LogP contribution in [0.15, 0.2) is 136 Å². The number of urea groups is 2. The minimum atomic E-state index is -4.10. The van der Waals surface area contributed by atoms with Crippen molar-refractivity contribution in [3.63, 3.8) is 0 Å². The van der Waals surface area contributed by atoms with Crippen LogP contribution in [0, 0.1) is 5.41 Å². The lowest BCUT2D eigenvalue weighted by molar-refractivity contribution is 0.142. The third-order valence-electron chi connectivity index (χ3n) is 12.6. The average molecular weight is 1070 g/mol. The van der Waals surface area contributed by atoms with E-state index in [0.29, 0.717) is 59.9 Å². The summed E-state index contributed by atoms with van der Waals surface area (Å²) < 4.78 is 64.3. The van der Waals surface area contributed by atoms with Crippen LogP contribution in [0.3, 0.4) is 0 Å². The third kappa shape index (κ3) is 14.5. The van der Waals surface area contributed by atoms with Crippen molar-refractivity contribution in [2.45, 2.75) is 74.2 Å². The number of carbonyl (C=O) groups is 2. The van der Waals surface area contributed by atoms with Crippen LogP contribution in [-0.4, -0.2) is 106 Å². The number of nitrogens with one attached hydrogen (secondary N) is 3. The molecule has 4 amide bonds. The molecule has 8 rings (SSSR count). The molecule has 6 aromatic carbocycles. The normalized spacial score (nSPS) is 14.4. The molecular formula is C52H63ClN10O9S2. The van der Waals surface area contributed by atoms with Crippen molar-refractivity contribution in [3.8, 4) is 11.5 Å². The highest BCUT2D eigenvalue weighted by Gasteiger charge is 2.29. The lowest BCUT2D eigenvalue weighted by Crippen LogP contribution is -2.51. The fourth-order valence-electron chi connectivity index (χ4n) is 8.62. The Morgan fingerprint density at radius 3 is 1.35 bits per heavy atom. The fourth-order valence-corrected chi connectivity index (χ4v) is 10.8. The summed E-state index contributed by atoms with van der Waals surface area (Å²) in [7, 11) is -5.03. The summed E-state index contributed by atoms with van der Waals surface area (Å²) in [5, 5.41) is 25.1. The third-order valence-corrected chi connectivity index (χ3v) is 15.3. The molecule has 0 bridgehead atoms. The number of sulfonamides is 2. The molecule has 0 aliphatic carbocycles. The standard InChI is InChI=1S/C26H31N5O5S.C26H31N5O4S.ClH/c1-36-23-11-9-21-17-24(12-10-20(21)16-23)37(34,35)29-31(26(32)30-13-4-2-3-5-14-30)18-19-7-6-8-22(15-19)25(27)28-33;1-35-23-11-9-21-17-24(12-10-20(21)16-23)36(33,34)29-31(26(32)30-13-4-2-3-5-14-30)18-19-7-6-8-22(15-19)25(27)28;/h6-12,15-17,29,33H,2-5,13-14,18H2,1H3,(H2,27,28);6-12,15-17,29H,2-5,13-14,18H2,1H3,(H3,27,28);1H. The highest BCUT2D eigenvalue weighted by atomic mass is 35.5. The Labute approximate surface area is 438 Å². The number of hydrogen-bond donors (Lipinski definition) is 6. The van der Waals surface area contributed by atoms with E-state index in [-0.39, 0.29) is 47.0 Å². The number of fused-ring (bicyclic) bond motifs is 2. The number of amidine groups is 2. The number of nitrogens with zero attached hydrogens (tertiary/aromatic N) is 5. The molecule has 0 spiro atoms. The predicted octanol–water partition coefficient (Wildman–Crippen LogP) is 7.88. The average Bonchev–Trinajstić information content (AvgIpc) is 3.86. The lowest BCUT2D eigenvalue weighted by atomic mass is 10.1. The Morgan fingerprint density at radius 1 is 0.581 bits per heavy atom. The summed E-state index contributed by atoms with van der Waals surface area (Å²) in [6.07, 6.45) is 7.61. The smallest absolute Gasteiger partial charge is 0.335 e. The van der Waals surface area contributed by atoms with Crippen molar-refractivity contribution >= 4 is 77.7 Å². The molecular weight excluding hydrogens is 1010 g/mol. The van der Waals surface area contributed by atoms with E-state index in [0.717, 1.165) is 82.9 Å². The first-order valence-corrected chi connectivity index (χ1v) is 26.9. The number of likely N-dealkylation sites (tertiary alicyclic amines) is 2. The minimum absolute atomic E-state index is 0. The summed E-state index contributed by atoms with van der Waals surface area (Å²) >= 11 is 0. The zero-order chi connectivity index (χ0) is 52.1. The number of nitrogens with two attached hydrogens (primary N) is 2. The number of ether oxygens (including phenoxy) is 2. The van der Waals surface area contributed by atoms with Crippen LogP contribution in [-0.2, 0) is 33.1 Å². The minimum Gasteiger partial charge on any atom is -0.497 e. The molecule has 394 valence electrons. The van der Waals surface area contributed by atoms with Gasteiger partial charge in [0.25, 0.3) is 20.0 Å². The molecule has 0 unspecified atom stereocenters. The molecule has 0 saturated carbocycles. The first-order valence-electron chi connectivity index (χ1n) is 23.9. The van der Waals surface area contributed by atoms with Gasteiger partial charge in [-0.1, -0.05) is 91.5 Å². The van der Waals surface area contributed by atoms with Crippen molar-refractivity contribution in [1.29, 1.82) is 5.41 Å². The number of benzene rings is 6. The monoisotopic (exact) mass is 1070 g/mol. The second kappa shape index (κ2) is 25.7. The maximum absolute atomic E-state index is 13.5. The summed E-state index contributed by atoms with van der Waals surface area (Å²) in [5.74, 6) is 1.17. The van der Waals surface area contributed by atoms with Gasteiger partial charge in [-0.05, 0) is 119 Å². The van der Waals surface area contributed by atoms with E-state index in [4.69, 9.17) is 31.6 Å². The van der Waals surface area contributed by atoms with Gasteiger partial charge < -0.3 is 35.9 Å². The molecule has 2 aliphatic heterocycles. The van der Waals surface area contributed by atoms with Crippen LogP contribution >= 0.6 is 12.4 Å². The Morgan fingerprint density at radius 2 is 0.959 bits per heavy atom. The number of oxime groups is 1. The first-order chi connectivity index (χ1) is 35.1. The van der Waals surface area contributed by atoms with Crippen LogP contribution in [0.1, 0.15) is 73.6 Å². The summed E-state index contributed by atoms with van der Waals surface area (Å²) in [4.78, 5) is 35.5. The number of halogens is 1. The molecule has 2 fully saturated rings. The molecule has 0 aromatic heterocycles. The Balaban J connectivity index is 0.000000238. The van der Waals surface area contributed by atoms with E-state index in [1.165, 1.54) is 12.1 Å². The van der Waals surface area contributed by atoms with Crippen LogP contribution in [0.5, 0.6) is 11.5 Å². The molecule has 22 heteroatoms. The SMILES string of the molecule is COc1ccc2cc(S(=O)(=O)NN(Cc3cccc(C(=N)N)c3)C(=O)N3CCCCCC3)ccc2c1.COc1ccc2cc(S(=O)(=O)NN(Cc3cccc(C(N)=NO)c3)C(=O)N3CCCCCC3)ccc2c1.Cl. The Kier molecular flexibility index (Phi) is 19.5. The van der Waals surface area contributed by atoms with Crippen LogP contribution in [0.25, 0.3) is 21.5 Å². The molecule has 8 N–H and O–H groups in total. The fraction of sp³-hybridized carbons (Fsp3) is 0.308. The summed E-state index contributed by atoms with van der Waals surface area (Å²) in [6.45, 7) is 2.19. The van der Waals surface area contributed by atoms with Crippen LogP contribution in [0.4, 0.5) is 9.59 Å². The van der Waals surface area contributed by atoms with Gasteiger partial charge in [-0.2, -0.15) is 0 Å². The van der Waals surface area contributed by atoms with Gasteiger partial charge in [-0.15, -0.1) is 22.1 Å². The van der Waals surface area contributed by atoms with E-state index in [2.05, 4.69) is 14.8 Å². The van der Waals surface area contributed by atoms with Crippen molar-refractivity contribution in [1.82, 2.24) is 29.5 Å². The zero-order valence-corrected chi connectivity index (χ0v) is 43.7. The number of methoxy groups -OCH3 is 2. The molecule has 6 aromatic rings. The van der Waals surface area contributed by atoms with E-state index in [9.17, 15) is 26.4 Å². The maximum Gasteiger partial charge on any atom is 0.335 e. The van der Waals surface area contributed by atoms with E-state index >= 15 is 0 Å². The number of rotatable bonds is 14. The van der Waals surface area contributed by atoms with Gasteiger partial charge in [0.2, 0.25) is 0 Å². The van der Waals surface area contributed by atoms with Crippen molar-refractivity contribution in [2.24, 2.45) is 16.6 Å². The van der Waals surface area contributed by atoms with Crippen molar-refractivity contribution in [3.05, 3.63) is 144 Å². The molecule has 0 atom stereocenters. The maximum atomic E-state index is 13.5. The Hall–Kier alpha value is -7.17. The molecule has 2 saturated heterocycles.